The molecule has 2 aromatic heterocycles. The summed E-state index contributed by atoms with van der Waals surface area (Å²) in [5.74, 6) is 0.317. The van der Waals surface area contributed by atoms with Crippen molar-refractivity contribution in [3.63, 3.8) is 0 Å². The highest BCUT2D eigenvalue weighted by Crippen LogP contribution is 2.40. The number of furan rings is 1. The summed E-state index contributed by atoms with van der Waals surface area (Å²) in [6.07, 6.45) is 6.94. The second-order valence-corrected chi connectivity index (χ2v) is 9.03. The van der Waals surface area contributed by atoms with Crippen molar-refractivity contribution in [1.82, 2.24) is 20.1 Å². The van der Waals surface area contributed by atoms with Crippen molar-refractivity contribution in [2.75, 3.05) is 39.8 Å². The summed E-state index contributed by atoms with van der Waals surface area (Å²) in [5, 5.41) is 2.84. The SMILES string of the molecule is COc1cc(C(=O)N2CCC3(CCN(C(=O)CNC(=O)/C=C\c4ccco4)C3)CC2)cc(Cl)n1. The number of nitrogens with one attached hydrogen (secondary N) is 1. The molecule has 4 rings (SSSR count). The standard InChI is InChI=1S/C24H27ClN4O5/c1-33-21-14-17(13-19(25)27-21)23(32)28-9-6-24(7-10-28)8-11-29(16-24)22(31)15-26-20(30)5-4-18-3-2-12-34-18/h2-5,12-14H,6-11,15-16H2,1H3,(H,26,30)/b5-4-. The van der Waals surface area contributed by atoms with Gasteiger partial charge in [0.05, 0.1) is 19.9 Å². The van der Waals surface area contributed by atoms with Crippen LogP contribution in [0, 0.1) is 5.41 Å². The Kier molecular flexibility index (Phi) is 7.21. The van der Waals surface area contributed by atoms with Gasteiger partial charge in [-0.25, -0.2) is 4.98 Å². The quantitative estimate of drug-likeness (QED) is 0.497. The first kappa shape index (κ1) is 23.8. The molecule has 2 saturated heterocycles. The van der Waals surface area contributed by atoms with Gasteiger partial charge in [-0.2, -0.15) is 0 Å². The molecule has 0 aliphatic carbocycles. The van der Waals surface area contributed by atoms with Gasteiger partial charge in [-0.3, -0.25) is 14.4 Å². The average Bonchev–Trinajstić information content (AvgIpc) is 3.51. The zero-order valence-electron chi connectivity index (χ0n) is 19.0. The second-order valence-electron chi connectivity index (χ2n) is 8.64. The minimum absolute atomic E-state index is 0.00319. The number of hydrogen-bond donors (Lipinski definition) is 1. The van der Waals surface area contributed by atoms with Crippen molar-refractivity contribution in [2.24, 2.45) is 5.41 Å². The highest BCUT2D eigenvalue weighted by atomic mass is 35.5. The van der Waals surface area contributed by atoms with E-state index >= 15 is 0 Å². The molecule has 0 radical (unpaired) electrons. The van der Waals surface area contributed by atoms with Crippen molar-refractivity contribution in [1.29, 1.82) is 0 Å². The molecule has 1 N–H and O–H groups in total. The van der Waals surface area contributed by atoms with E-state index in [9.17, 15) is 14.4 Å². The smallest absolute Gasteiger partial charge is 0.254 e. The van der Waals surface area contributed by atoms with Crippen LogP contribution in [0.15, 0.2) is 41.0 Å². The monoisotopic (exact) mass is 486 g/mol. The summed E-state index contributed by atoms with van der Waals surface area (Å²) in [6.45, 7) is 2.46. The van der Waals surface area contributed by atoms with Crippen LogP contribution in [-0.4, -0.2) is 72.3 Å². The molecule has 180 valence electrons. The molecule has 9 nitrogen and oxygen atoms in total. The number of piperidine rings is 1. The molecular weight excluding hydrogens is 460 g/mol. The minimum atomic E-state index is -0.349. The van der Waals surface area contributed by atoms with E-state index in [0.29, 0.717) is 43.4 Å². The molecule has 1 spiro atoms. The number of rotatable bonds is 6. The normalized spacial score (nSPS) is 17.4. The fraction of sp³-hybridized carbons (Fsp3) is 0.417. The summed E-state index contributed by atoms with van der Waals surface area (Å²) in [5.41, 5.74) is 0.455. The number of carbonyl (C=O) groups excluding carboxylic acids is 3. The lowest BCUT2D eigenvalue weighted by Gasteiger charge is -2.39. The van der Waals surface area contributed by atoms with Gasteiger partial charge in [0.1, 0.15) is 10.9 Å². The van der Waals surface area contributed by atoms with E-state index in [4.69, 9.17) is 20.8 Å². The van der Waals surface area contributed by atoms with Crippen molar-refractivity contribution in [2.45, 2.75) is 19.3 Å². The van der Waals surface area contributed by atoms with Crippen molar-refractivity contribution >= 4 is 35.4 Å². The van der Waals surface area contributed by atoms with E-state index in [1.54, 1.807) is 30.3 Å². The van der Waals surface area contributed by atoms with Crippen LogP contribution in [0.4, 0.5) is 0 Å². The van der Waals surface area contributed by atoms with Crippen LogP contribution in [0.2, 0.25) is 5.15 Å². The molecule has 2 fully saturated rings. The summed E-state index contributed by atoms with van der Waals surface area (Å²) in [6, 6.07) is 6.61. The van der Waals surface area contributed by atoms with Gasteiger partial charge in [0.25, 0.3) is 5.91 Å². The Labute approximate surface area is 202 Å². The number of likely N-dealkylation sites (tertiary alicyclic amines) is 2. The van der Waals surface area contributed by atoms with Gasteiger partial charge >= 0.3 is 0 Å². The Morgan fingerprint density at radius 1 is 1.21 bits per heavy atom. The van der Waals surface area contributed by atoms with E-state index in [2.05, 4.69) is 10.3 Å². The zero-order valence-corrected chi connectivity index (χ0v) is 19.7. The van der Waals surface area contributed by atoms with Gasteiger partial charge in [-0.1, -0.05) is 11.6 Å². The van der Waals surface area contributed by atoms with Gasteiger partial charge in [0.2, 0.25) is 17.7 Å². The Morgan fingerprint density at radius 3 is 2.62 bits per heavy atom. The summed E-state index contributed by atoms with van der Waals surface area (Å²) < 4.78 is 10.2. The molecule has 0 atom stereocenters. The Balaban J connectivity index is 1.25. The number of hydrogen-bond acceptors (Lipinski definition) is 6. The molecule has 0 aromatic carbocycles. The van der Waals surface area contributed by atoms with E-state index in [1.165, 1.54) is 19.4 Å². The first-order valence-corrected chi connectivity index (χ1v) is 11.5. The number of ether oxygens (including phenoxy) is 1. The predicted molar refractivity (Wildman–Crippen MR) is 125 cm³/mol. The molecular formula is C24H27ClN4O5. The summed E-state index contributed by atoms with van der Waals surface area (Å²) >= 11 is 6.01. The topological polar surface area (TPSA) is 105 Å². The Bertz CT molecular complexity index is 1080. The van der Waals surface area contributed by atoms with Gasteiger partial charge in [-0.05, 0) is 49.0 Å². The van der Waals surface area contributed by atoms with Crippen LogP contribution in [0.25, 0.3) is 6.08 Å². The molecule has 34 heavy (non-hydrogen) atoms. The largest absolute Gasteiger partial charge is 0.481 e. The van der Waals surface area contributed by atoms with Crippen LogP contribution in [0.1, 0.15) is 35.4 Å². The zero-order chi connectivity index (χ0) is 24.1. The second kappa shape index (κ2) is 10.3. The molecule has 0 saturated carbocycles. The number of carbonyl (C=O) groups is 3. The van der Waals surface area contributed by atoms with Crippen molar-refractivity contribution in [3.8, 4) is 5.88 Å². The van der Waals surface area contributed by atoms with E-state index in [-0.39, 0.29) is 34.8 Å². The highest BCUT2D eigenvalue weighted by molar-refractivity contribution is 6.29. The van der Waals surface area contributed by atoms with E-state index in [1.807, 2.05) is 9.80 Å². The molecule has 0 unspecified atom stereocenters. The lowest BCUT2D eigenvalue weighted by molar-refractivity contribution is -0.131. The molecule has 2 aromatic rings. The third kappa shape index (κ3) is 5.59. The molecule has 4 heterocycles. The number of aromatic nitrogens is 1. The van der Waals surface area contributed by atoms with Gasteiger partial charge in [-0.15, -0.1) is 0 Å². The number of nitrogens with zero attached hydrogens (tertiary/aromatic N) is 3. The minimum Gasteiger partial charge on any atom is -0.481 e. The fourth-order valence-electron chi connectivity index (χ4n) is 4.50. The van der Waals surface area contributed by atoms with Crippen LogP contribution >= 0.6 is 11.6 Å². The van der Waals surface area contributed by atoms with Gasteiger partial charge in [0, 0.05) is 43.9 Å². The van der Waals surface area contributed by atoms with Crippen LogP contribution in [0.3, 0.4) is 0 Å². The third-order valence-corrected chi connectivity index (χ3v) is 6.68. The first-order valence-electron chi connectivity index (χ1n) is 11.2. The van der Waals surface area contributed by atoms with Crippen LogP contribution < -0.4 is 10.1 Å². The molecule has 10 heteroatoms. The fourth-order valence-corrected chi connectivity index (χ4v) is 4.70. The Morgan fingerprint density at radius 2 is 1.94 bits per heavy atom. The number of pyridine rings is 1. The average molecular weight is 487 g/mol. The van der Waals surface area contributed by atoms with E-state index < -0.39 is 0 Å². The van der Waals surface area contributed by atoms with Gasteiger partial charge in [0.15, 0.2) is 0 Å². The molecule has 0 bridgehead atoms. The highest BCUT2D eigenvalue weighted by Gasteiger charge is 2.42. The molecule has 2 aliphatic heterocycles. The molecule has 2 aliphatic rings. The predicted octanol–water partition coefficient (Wildman–Crippen LogP) is 2.62. The van der Waals surface area contributed by atoms with Crippen LogP contribution in [0.5, 0.6) is 5.88 Å². The number of methoxy groups -OCH3 is 1. The maximum Gasteiger partial charge on any atom is 0.254 e. The lowest BCUT2D eigenvalue weighted by Crippen LogP contribution is -2.45. The summed E-state index contributed by atoms with van der Waals surface area (Å²) in [7, 11) is 1.48. The number of halogens is 1. The van der Waals surface area contributed by atoms with Crippen LogP contribution in [-0.2, 0) is 9.59 Å². The Hall–Kier alpha value is -3.33. The molecule has 3 amide bonds. The maximum atomic E-state index is 12.9. The van der Waals surface area contributed by atoms with E-state index in [0.717, 1.165) is 19.3 Å². The first-order chi connectivity index (χ1) is 16.4. The third-order valence-electron chi connectivity index (χ3n) is 6.49. The lowest BCUT2D eigenvalue weighted by atomic mass is 9.77. The van der Waals surface area contributed by atoms with Crippen molar-refractivity contribution < 1.29 is 23.5 Å². The number of amides is 3. The van der Waals surface area contributed by atoms with Gasteiger partial charge < -0.3 is 24.3 Å². The van der Waals surface area contributed by atoms with Crippen molar-refractivity contribution in [3.05, 3.63) is 53.1 Å². The summed E-state index contributed by atoms with van der Waals surface area (Å²) in [4.78, 5) is 45.2. The maximum absolute atomic E-state index is 12.9.